The van der Waals surface area contributed by atoms with Gasteiger partial charge in [-0.3, -0.25) is 0 Å². The van der Waals surface area contributed by atoms with Gasteiger partial charge in [-0.1, -0.05) is 0 Å². The van der Waals surface area contributed by atoms with Crippen molar-refractivity contribution in [3.05, 3.63) is 0 Å². The maximum Gasteiger partial charge on any atom is 0.253 e. The largest absolute Gasteiger partial charge is 0.327 e. The lowest BCUT2D eigenvalue weighted by molar-refractivity contribution is 0.0946. The van der Waals surface area contributed by atoms with Crippen LogP contribution in [0.3, 0.4) is 0 Å². The van der Waals surface area contributed by atoms with E-state index in [4.69, 9.17) is 5.73 Å². The average molecular weight is 121 g/mol. The Hall–Kier alpha value is -0.180. The molecule has 1 fully saturated rings. The highest BCUT2D eigenvalue weighted by atomic mass is 19.3. The van der Waals surface area contributed by atoms with Crippen LogP contribution >= 0.6 is 0 Å². The zero-order valence-electron chi connectivity index (χ0n) is 4.70. The molecule has 2 atom stereocenters. The second kappa shape index (κ2) is 1.41. The van der Waals surface area contributed by atoms with E-state index in [0.29, 0.717) is 0 Å². The number of halogens is 2. The molecule has 1 nitrogen and oxygen atoms in total. The summed E-state index contributed by atoms with van der Waals surface area (Å²) < 4.78 is 23.9. The zero-order valence-corrected chi connectivity index (χ0v) is 4.70. The Morgan fingerprint density at radius 2 is 2.12 bits per heavy atom. The van der Waals surface area contributed by atoms with Crippen molar-refractivity contribution in [3.8, 4) is 0 Å². The van der Waals surface area contributed by atoms with Crippen LogP contribution in [-0.4, -0.2) is 12.0 Å². The highest BCUT2D eigenvalue weighted by Gasteiger charge is 2.58. The van der Waals surface area contributed by atoms with E-state index < -0.39 is 11.8 Å². The van der Waals surface area contributed by atoms with Crippen molar-refractivity contribution in [3.63, 3.8) is 0 Å². The first-order valence-electron chi connectivity index (χ1n) is 2.67. The molecule has 48 valence electrons. The molecule has 2 N–H and O–H groups in total. The fraction of sp³-hybridized carbons (Fsp3) is 1.00. The molecule has 3 heteroatoms. The SMILES string of the molecule is CC(N)C1CC1(F)F. The van der Waals surface area contributed by atoms with Crippen LogP contribution in [0.15, 0.2) is 0 Å². The highest BCUT2D eigenvalue weighted by molar-refractivity contribution is 4.99. The van der Waals surface area contributed by atoms with Gasteiger partial charge >= 0.3 is 0 Å². The lowest BCUT2D eigenvalue weighted by Crippen LogP contribution is -2.20. The van der Waals surface area contributed by atoms with Crippen molar-refractivity contribution in [2.24, 2.45) is 11.7 Å². The second-order valence-corrected chi connectivity index (χ2v) is 2.43. The predicted molar refractivity (Wildman–Crippen MR) is 26.7 cm³/mol. The molecule has 0 aliphatic heterocycles. The smallest absolute Gasteiger partial charge is 0.253 e. The number of nitrogens with two attached hydrogens (primary N) is 1. The normalized spacial score (nSPS) is 36.8. The fourth-order valence-corrected chi connectivity index (χ4v) is 0.805. The summed E-state index contributed by atoms with van der Waals surface area (Å²) in [5, 5.41) is 0. The van der Waals surface area contributed by atoms with Gasteiger partial charge in [-0.2, -0.15) is 0 Å². The van der Waals surface area contributed by atoms with Crippen LogP contribution < -0.4 is 5.73 Å². The summed E-state index contributed by atoms with van der Waals surface area (Å²) >= 11 is 0. The van der Waals surface area contributed by atoms with Crippen molar-refractivity contribution in [2.45, 2.75) is 25.3 Å². The van der Waals surface area contributed by atoms with E-state index in [-0.39, 0.29) is 12.5 Å². The van der Waals surface area contributed by atoms with E-state index in [0.717, 1.165) is 0 Å². The Bertz CT molecular complexity index is 101. The van der Waals surface area contributed by atoms with Gasteiger partial charge in [0, 0.05) is 18.4 Å². The lowest BCUT2D eigenvalue weighted by Gasteiger charge is -1.99. The molecule has 0 aromatic heterocycles. The van der Waals surface area contributed by atoms with Crippen molar-refractivity contribution < 1.29 is 8.78 Å². The minimum atomic E-state index is -2.44. The Labute approximate surface area is 46.9 Å². The van der Waals surface area contributed by atoms with Crippen LogP contribution in [0.4, 0.5) is 8.78 Å². The fourth-order valence-electron chi connectivity index (χ4n) is 0.805. The molecule has 0 bridgehead atoms. The minimum Gasteiger partial charge on any atom is -0.327 e. The summed E-state index contributed by atoms with van der Waals surface area (Å²) in [7, 11) is 0. The topological polar surface area (TPSA) is 26.0 Å². The first-order chi connectivity index (χ1) is 3.54. The van der Waals surface area contributed by atoms with E-state index in [2.05, 4.69) is 0 Å². The van der Waals surface area contributed by atoms with Crippen LogP contribution in [0.25, 0.3) is 0 Å². The quantitative estimate of drug-likeness (QED) is 0.550. The second-order valence-electron chi connectivity index (χ2n) is 2.43. The molecular formula is C5H9F2N. The summed E-state index contributed by atoms with van der Waals surface area (Å²) in [4.78, 5) is 0. The molecular weight excluding hydrogens is 112 g/mol. The molecule has 0 amide bonds. The van der Waals surface area contributed by atoms with Crippen LogP contribution in [-0.2, 0) is 0 Å². The van der Waals surface area contributed by atoms with Gasteiger partial charge < -0.3 is 5.73 Å². The van der Waals surface area contributed by atoms with Crippen molar-refractivity contribution in [1.82, 2.24) is 0 Å². The molecule has 0 spiro atoms. The molecule has 1 rings (SSSR count). The van der Waals surface area contributed by atoms with Crippen LogP contribution in [0.2, 0.25) is 0 Å². The highest BCUT2D eigenvalue weighted by Crippen LogP contribution is 2.49. The Morgan fingerprint density at radius 3 is 2.12 bits per heavy atom. The van der Waals surface area contributed by atoms with Gasteiger partial charge in [-0.05, 0) is 6.92 Å². The summed E-state index contributed by atoms with van der Waals surface area (Å²) in [5.74, 6) is -2.98. The molecule has 0 heterocycles. The van der Waals surface area contributed by atoms with Crippen LogP contribution in [0.5, 0.6) is 0 Å². The Morgan fingerprint density at radius 1 is 1.75 bits per heavy atom. The van der Waals surface area contributed by atoms with E-state index in [1.165, 1.54) is 0 Å². The van der Waals surface area contributed by atoms with Crippen LogP contribution in [0, 0.1) is 5.92 Å². The van der Waals surface area contributed by atoms with Gasteiger partial charge in [0.25, 0.3) is 5.92 Å². The molecule has 1 saturated carbocycles. The van der Waals surface area contributed by atoms with E-state index in [1.807, 2.05) is 0 Å². The summed E-state index contributed by atoms with van der Waals surface area (Å²) in [6.07, 6.45) is -0.00926. The zero-order chi connectivity index (χ0) is 6.36. The number of rotatable bonds is 1. The minimum absolute atomic E-state index is 0.00926. The standard InChI is InChI=1S/C5H9F2N/c1-3(8)4-2-5(4,6)7/h3-4H,2,8H2,1H3. The third kappa shape index (κ3) is 0.823. The maximum atomic E-state index is 12.0. The number of alkyl halides is 2. The third-order valence-electron chi connectivity index (χ3n) is 1.51. The molecule has 0 aromatic rings. The first-order valence-corrected chi connectivity index (χ1v) is 2.67. The summed E-state index contributed by atoms with van der Waals surface area (Å²) in [6, 6.07) is -0.343. The van der Waals surface area contributed by atoms with Crippen LogP contribution in [0.1, 0.15) is 13.3 Å². The van der Waals surface area contributed by atoms with E-state index in [1.54, 1.807) is 6.92 Å². The molecule has 0 saturated heterocycles. The summed E-state index contributed by atoms with van der Waals surface area (Å²) in [6.45, 7) is 1.62. The Balaban J connectivity index is 2.37. The van der Waals surface area contributed by atoms with Gasteiger partial charge in [-0.15, -0.1) is 0 Å². The monoisotopic (exact) mass is 121 g/mol. The van der Waals surface area contributed by atoms with Gasteiger partial charge in [0.2, 0.25) is 0 Å². The van der Waals surface area contributed by atoms with Gasteiger partial charge in [0.05, 0.1) is 0 Å². The number of hydrogen-bond acceptors (Lipinski definition) is 1. The Kier molecular flexibility index (Phi) is 1.05. The molecule has 1 aliphatic carbocycles. The molecule has 0 radical (unpaired) electrons. The lowest BCUT2D eigenvalue weighted by atomic mass is 10.2. The average Bonchev–Trinajstić information content (AvgIpc) is 2.13. The van der Waals surface area contributed by atoms with E-state index in [9.17, 15) is 8.78 Å². The predicted octanol–water partition coefficient (Wildman–Crippen LogP) is 0.989. The van der Waals surface area contributed by atoms with Crippen molar-refractivity contribution in [1.29, 1.82) is 0 Å². The number of hydrogen-bond donors (Lipinski definition) is 1. The van der Waals surface area contributed by atoms with Crippen molar-refractivity contribution in [2.75, 3.05) is 0 Å². The third-order valence-corrected chi connectivity index (χ3v) is 1.51. The van der Waals surface area contributed by atoms with Gasteiger partial charge in [0.1, 0.15) is 0 Å². The van der Waals surface area contributed by atoms with Gasteiger partial charge in [-0.25, -0.2) is 8.78 Å². The van der Waals surface area contributed by atoms with Gasteiger partial charge in [0.15, 0.2) is 0 Å². The molecule has 1 aliphatic rings. The summed E-state index contributed by atoms with van der Waals surface area (Å²) in [5.41, 5.74) is 5.19. The molecule has 2 unspecified atom stereocenters. The first kappa shape index (κ1) is 5.95. The van der Waals surface area contributed by atoms with E-state index >= 15 is 0 Å². The molecule has 8 heavy (non-hydrogen) atoms. The molecule has 0 aromatic carbocycles. The van der Waals surface area contributed by atoms with Crippen molar-refractivity contribution >= 4 is 0 Å². The maximum absolute atomic E-state index is 12.0.